The smallest absolute Gasteiger partial charge is 0.335 e. The highest BCUT2D eigenvalue weighted by molar-refractivity contribution is 5.88. The van der Waals surface area contributed by atoms with Crippen LogP contribution in [0.25, 0.3) is 5.57 Å². The van der Waals surface area contributed by atoms with Crippen molar-refractivity contribution in [2.75, 3.05) is 0 Å². The maximum Gasteiger partial charge on any atom is 0.335 e. The summed E-state index contributed by atoms with van der Waals surface area (Å²) in [6, 6.07) is 17.7. The number of ketones is 1. The van der Waals surface area contributed by atoms with Crippen LogP contribution in [0, 0.1) is 62.6 Å². The van der Waals surface area contributed by atoms with Gasteiger partial charge < -0.3 is 10.2 Å². The Hall–Kier alpha value is -3.40. The maximum atomic E-state index is 14.9. The number of aliphatic hydroxyl groups excluding tert-OH is 1. The molecular formula is C48H62O4. The van der Waals surface area contributed by atoms with Gasteiger partial charge in [-0.3, -0.25) is 4.79 Å². The molecule has 0 aliphatic heterocycles. The molecule has 0 radical (unpaired) electrons. The van der Waals surface area contributed by atoms with Crippen LogP contribution in [0.15, 0.2) is 85.2 Å². The Labute approximate surface area is 312 Å². The third-order valence-corrected chi connectivity index (χ3v) is 16.9. The molecule has 2 aromatic carbocycles. The fourth-order valence-corrected chi connectivity index (χ4v) is 14.1. The lowest BCUT2D eigenvalue weighted by Gasteiger charge is -2.72. The van der Waals surface area contributed by atoms with Gasteiger partial charge in [0.15, 0.2) is 0 Å². The van der Waals surface area contributed by atoms with Crippen molar-refractivity contribution in [2.24, 2.45) is 62.6 Å². The van der Waals surface area contributed by atoms with Gasteiger partial charge in [0.25, 0.3) is 0 Å². The zero-order valence-corrected chi connectivity index (χ0v) is 32.6. The normalized spacial score (nSPS) is 38.0. The first kappa shape index (κ1) is 36.9. The Bertz CT molecular complexity index is 1780. The summed E-state index contributed by atoms with van der Waals surface area (Å²) in [5, 5.41) is 20.3. The molecule has 4 nitrogen and oxygen atoms in total. The highest BCUT2D eigenvalue weighted by atomic mass is 16.4. The number of aromatic carboxylic acids is 1. The van der Waals surface area contributed by atoms with Crippen LogP contribution in [0.5, 0.6) is 0 Å². The van der Waals surface area contributed by atoms with Crippen molar-refractivity contribution >= 4 is 17.3 Å². The zero-order chi connectivity index (χ0) is 37.4. The summed E-state index contributed by atoms with van der Waals surface area (Å²) in [6.45, 7) is 23.4. The van der Waals surface area contributed by atoms with Crippen molar-refractivity contribution in [2.45, 2.75) is 112 Å². The minimum atomic E-state index is -0.883. The molecule has 7 rings (SSSR count). The molecular weight excluding hydrogens is 641 g/mol. The highest BCUT2D eigenvalue weighted by Gasteiger charge is 2.71. The minimum absolute atomic E-state index is 0.0333. The van der Waals surface area contributed by atoms with Crippen molar-refractivity contribution in [3.63, 3.8) is 0 Å². The predicted octanol–water partition coefficient (Wildman–Crippen LogP) is 11.9. The van der Waals surface area contributed by atoms with Gasteiger partial charge in [-0.25, -0.2) is 4.79 Å². The number of carboxylic acid groups (broad SMARTS) is 1. The van der Waals surface area contributed by atoms with E-state index in [1.165, 1.54) is 30.4 Å². The minimum Gasteiger partial charge on any atom is -0.513 e. The summed E-state index contributed by atoms with van der Waals surface area (Å²) < 4.78 is 0. The molecule has 0 unspecified atom stereocenters. The number of allylic oxidation sites excluding steroid dienone is 4. The fraction of sp³-hybridized carbons (Fsp3) is 0.583. The van der Waals surface area contributed by atoms with Crippen LogP contribution in [0.3, 0.4) is 0 Å². The van der Waals surface area contributed by atoms with Gasteiger partial charge in [-0.15, -0.1) is 0 Å². The molecule has 0 spiro atoms. The molecule has 0 bridgehead atoms. The van der Waals surface area contributed by atoms with Gasteiger partial charge in [-0.2, -0.15) is 0 Å². The number of carbonyl (C=O) groups is 2. The van der Waals surface area contributed by atoms with Crippen LogP contribution in [0.1, 0.15) is 127 Å². The Balaban J connectivity index is 1.20. The first-order valence-electron chi connectivity index (χ1n) is 20.1. The fourth-order valence-electron chi connectivity index (χ4n) is 14.1. The van der Waals surface area contributed by atoms with Gasteiger partial charge in [0.05, 0.1) is 11.3 Å². The molecule has 278 valence electrons. The molecule has 10 atom stereocenters. The molecule has 0 saturated heterocycles. The van der Waals surface area contributed by atoms with Crippen LogP contribution < -0.4 is 0 Å². The Morgan fingerprint density at radius 3 is 2.13 bits per heavy atom. The van der Waals surface area contributed by atoms with Gasteiger partial charge in [0.2, 0.25) is 0 Å². The number of Topliss-reactive ketones (excluding diaryl/α,β-unsaturated/α-hetero) is 1. The molecule has 4 saturated carbocycles. The highest BCUT2D eigenvalue weighted by Crippen LogP contribution is 2.78. The molecule has 5 aliphatic rings. The number of hydrogen-bond donors (Lipinski definition) is 2. The number of carbonyl (C=O) groups excluding carboxylic acids is 1. The van der Waals surface area contributed by atoms with E-state index in [4.69, 9.17) is 0 Å². The lowest BCUT2D eigenvalue weighted by molar-refractivity contribution is -0.224. The molecule has 5 aliphatic carbocycles. The average Bonchev–Trinajstić information content (AvgIpc) is 3.50. The van der Waals surface area contributed by atoms with Crippen LogP contribution in [0.4, 0.5) is 0 Å². The molecule has 4 heteroatoms. The van der Waals surface area contributed by atoms with E-state index in [0.717, 1.165) is 49.7 Å². The Morgan fingerprint density at radius 2 is 1.50 bits per heavy atom. The molecule has 4 fully saturated rings. The Morgan fingerprint density at radius 1 is 0.808 bits per heavy atom. The van der Waals surface area contributed by atoms with Gasteiger partial charge in [-0.05, 0) is 151 Å². The van der Waals surface area contributed by atoms with Crippen LogP contribution in [0.2, 0.25) is 0 Å². The molecule has 0 amide bonds. The standard InChI is InChI=1S/C48H62O4/c1-30(2)36-20-25-48(41(50)29-35(31(3)49)28-32-12-10-9-11-13-32)27-26-46(7)38(42(36)48)18-19-40-45(6)23-21-37(33-14-16-34(17-15-33)43(51)52)44(4,5)39(45)22-24-47(40,46)8/h9-17,21,35-36,38-40,42,49H,1,3,18-20,22-29H2,2,4-8H3,(H,51,52)/t35-,36+,38-,39+,40-,42-,45+,46-,47-,48-/m1/s1. The topological polar surface area (TPSA) is 74.6 Å². The van der Waals surface area contributed by atoms with Crippen LogP contribution in [-0.2, 0) is 11.2 Å². The van der Waals surface area contributed by atoms with E-state index in [9.17, 15) is 19.8 Å². The summed E-state index contributed by atoms with van der Waals surface area (Å²) in [5.41, 5.74) is 5.28. The first-order chi connectivity index (χ1) is 24.5. The Kier molecular flexibility index (Phi) is 9.15. The maximum absolute atomic E-state index is 14.9. The monoisotopic (exact) mass is 702 g/mol. The number of fused-ring (bicyclic) bond motifs is 7. The van der Waals surface area contributed by atoms with E-state index in [-0.39, 0.29) is 38.8 Å². The van der Waals surface area contributed by atoms with E-state index in [2.05, 4.69) is 72.9 Å². The lowest BCUT2D eigenvalue weighted by atomic mass is 9.32. The summed E-state index contributed by atoms with van der Waals surface area (Å²) in [7, 11) is 0. The molecule has 0 heterocycles. The van der Waals surface area contributed by atoms with Gasteiger partial charge in [0, 0.05) is 17.8 Å². The second kappa shape index (κ2) is 12.9. The van der Waals surface area contributed by atoms with E-state index < -0.39 is 5.97 Å². The van der Waals surface area contributed by atoms with E-state index in [1.54, 1.807) is 12.1 Å². The molecule has 52 heavy (non-hydrogen) atoms. The number of rotatable bonds is 9. The van der Waals surface area contributed by atoms with E-state index >= 15 is 0 Å². The summed E-state index contributed by atoms with van der Waals surface area (Å²) >= 11 is 0. The third-order valence-electron chi connectivity index (χ3n) is 16.9. The van der Waals surface area contributed by atoms with Crippen molar-refractivity contribution < 1.29 is 19.8 Å². The van der Waals surface area contributed by atoms with Crippen molar-refractivity contribution in [3.8, 4) is 0 Å². The first-order valence-corrected chi connectivity index (χ1v) is 20.1. The zero-order valence-electron chi connectivity index (χ0n) is 32.6. The van der Waals surface area contributed by atoms with Crippen LogP contribution in [-0.4, -0.2) is 22.0 Å². The summed E-state index contributed by atoms with van der Waals surface area (Å²) in [4.78, 5) is 26.5. The third kappa shape index (κ3) is 5.43. The summed E-state index contributed by atoms with van der Waals surface area (Å²) in [6.07, 6.45) is 13.3. The van der Waals surface area contributed by atoms with Gasteiger partial charge >= 0.3 is 5.97 Å². The molecule has 0 aromatic heterocycles. The quantitative estimate of drug-likeness (QED) is 0.201. The van der Waals surface area contributed by atoms with Gasteiger partial charge in [0.1, 0.15) is 5.78 Å². The van der Waals surface area contributed by atoms with Gasteiger partial charge in [-0.1, -0.05) is 102 Å². The molecule has 2 aromatic rings. The van der Waals surface area contributed by atoms with Crippen LogP contribution >= 0.6 is 0 Å². The van der Waals surface area contributed by atoms with Crippen molar-refractivity contribution in [1.29, 1.82) is 0 Å². The number of aliphatic hydroxyl groups is 1. The predicted molar refractivity (Wildman–Crippen MR) is 211 cm³/mol. The van der Waals surface area contributed by atoms with E-state index in [1.807, 2.05) is 30.3 Å². The van der Waals surface area contributed by atoms with Crippen molar-refractivity contribution in [3.05, 3.63) is 102 Å². The largest absolute Gasteiger partial charge is 0.513 e. The SMILES string of the molecule is C=C(O)[C@@H](CC(=O)[C@]12CC[C@@H](C(=C)C)[C@@H]1[C@H]1CC[C@@H]3[C@@]4(C)CC=C(c5ccc(C(=O)O)cc5)C(C)(C)[C@@H]4CC[C@@]3(C)[C@]1(C)CC2)Cc1ccccc1. The molecule has 2 N–H and O–H groups in total. The summed E-state index contributed by atoms with van der Waals surface area (Å²) in [5.74, 6) is 1.57. The average molecular weight is 703 g/mol. The van der Waals surface area contributed by atoms with Crippen molar-refractivity contribution in [1.82, 2.24) is 0 Å². The number of carboxylic acids is 1. The second-order valence-corrected chi connectivity index (χ2v) is 19.3. The second-order valence-electron chi connectivity index (χ2n) is 19.3. The number of benzene rings is 2. The number of hydrogen-bond acceptors (Lipinski definition) is 3. The van der Waals surface area contributed by atoms with E-state index in [0.29, 0.717) is 53.8 Å². The lowest BCUT2D eigenvalue weighted by Crippen LogP contribution is -2.66.